The molecule has 0 spiro atoms. The van der Waals surface area contributed by atoms with Crippen LogP contribution in [0.4, 0.5) is 0 Å². The van der Waals surface area contributed by atoms with E-state index >= 15 is 0 Å². The molecule has 258 valence electrons. The number of rotatable bonds is 15. The largest absolute Gasteiger partial charge is 0.488 e. The molecular weight excluding hydrogens is 654 g/mol. The van der Waals surface area contributed by atoms with Crippen LogP contribution in [-0.2, 0) is 19.8 Å². The van der Waals surface area contributed by atoms with Crippen molar-refractivity contribution in [1.29, 1.82) is 5.26 Å². The van der Waals surface area contributed by atoms with Crippen LogP contribution in [0.15, 0.2) is 66.9 Å². The predicted octanol–water partition coefficient (Wildman–Crippen LogP) is 3.04. The molecule has 4 aromatic rings. The summed E-state index contributed by atoms with van der Waals surface area (Å²) in [5, 5.41) is 61.6. The topological polar surface area (TPSA) is 187 Å². The lowest BCUT2D eigenvalue weighted by atomic mass is 9.96. The number of hydrogen-bond donors (Lipinski definition) is 6. The maximum Gasteiger partial charge on any atom is 0.161 e. The first-order valence-corrected chi connectivity index (χ1v) is 16.0. The van der Waals surface area contributed by atoms with E-state index in [1.165, 1.54) is 6.20 Å². The summed E-state index contributed by atoms with van der Waals surface area (Å²) in [5.74, 6) is 2.21. The lowest BCUT2D eigenvalue weighted by molar-refractivity contribution is -0.114. The van der Waals surface area contributed by atoms with Crippen molar-refractivity contribution in [2.75, 3.05) is 26.4 Å². The number of nitrogens with one attached hydrogen (secondary N) is 1. The monoisotopic (exact) mass is 691 g/mol. The van der Waals surface area contributed by atoms with Crippen LogP contribution in [0, 0.1) is 18.3 Å². The van der Waals surface area contributed by atoms with Crippen molar-refractivity contribution in [1.82, 2.24) is 10.3 Å². The summed E-state index contributed by atoms with van der Waals surface area (Å²) >= 11 is 6.69. The summed E-state index contributed by atoms with van der Waals surface area (Å²) in [6.45, 7) is 2.55. The fraction of sp³-hybridized carbons (Fsp3) is 0.333. The fourth-order valence-corrected chi connectivity index (χ4v) is 5.54. The van der Waals surface area contributed by atoms with E-state index in [-0.39, 0.29) is 32.0 Å². The first-order chi connectivity index (χ1) is 23.7. The van der Waals surface area contributed by atoms with Crippen molar-refractivity contribution in [2.45, 2.75) is 51.1 Å². The number of pyridine rings is 1. The van der Waals surface area contributed by atoms with Gasteiger partial charge in [0.05, 0.1) is 17.7 Å². The second-order valence-electron chi connectivity index (χ2n) is 11.5. The second kappa shape index (κ2) is 16.8. The Labute approximate surface area is 288 Å². The first kappa shape index (κ1) is 35.8. The quantitative estimate of drug-likeness (QED) is 0.107. The molecule has 0 fully saturated rings. The minimum Gasteiger partial charge on any atom is -0.488 e. The van der Waals surface area contributed by atoms with Gasteiger partial charge in [0.15, 0.2) is 11.5 Å². The van der Waals surface area contributed by atoms with E-state index in [4.69, 9.17) is 35.7 Å². The molecule has 6 N–H and O–H groups in total. The highest BCUT2D eigenvalue weighted by Crippen LogP contribution is 2.37. The van der Waals surface area contributed by atoms with Crippen molar-refractivity contribution >= 4 is 11.6 Å². The number of fused-ring (bicyclic) bond motifs is 1. The lowest BCUT2D eigenvalue weighted by Gasteiger charge is -2.26. The van der Waals surface area contributed by atoms with Crippen molar-refractivity contribution in [2.24, 2.45) is 0 Å². The normalized spacial score (nSPS) is 14.7. The minimum absolute atomic E-state index is 0.106. The van der Waals surface area contributed by atoms with Crippen molar-refractivity contribution < 1.29 is 44.5 Å². The standard InChI is InChI=1S/C36H38ClN3O9/c1-21-24(3-2-4-27(21)23-5-6-31-34(13-23)47-10-9-46-31)20-49-33-14-32(48-19-22-7-8-40-26(11-22)15-38)25(12-28(33)37)16-39-17-29(42)35(44)36(45)30(43)18-41/h2-8,11-14,29-30,35-36,39,41-45H,9-10,16-20H2,1H3/t29-,30+,35+,36+/m0/s1. The average molecular weight is 692 g/mol. The number of ether oxygens (including phenoxy) is 4. The average Bonchev–Trinajstić information content (AvgIpc) is 3.13. The number of halogens is 1. The summed E-state index contributed by atoms with van der Waals surface area (Å²) in [7, 11) is 0. The van der Waals surface area contributed by atoms with E-state index in [2.05, 4.69) is 10.3 Å². The molecule has 0 aliphatic carbocycles. The molecule has 12 nitrogen and oxygen atoms in total. The van der Waals surface area contributed by atoms with Gasteiger partial charge < -0.3 is 49.8 Å². The highest BCUT2D eigenvalue weighted by atomic mass is 35.5. The smallest absolute Gasteiger partial charge is 0.161 e. The lowest BCUT2D eigenvalue weighted by Crippen LogP contribution is -2.48. The van der Waals surface area contributed by atoms with Gasteiger partial charge in [-0.3, -0.25) is 0 Å². The molecule has 1 aromatic heterocycles. The van der Waals surface area contributed by atoms with Crippen LogP contribution in [0.5, 0.6) is 23.0 Å². The molecule has 4 atom stereocenters. The fourth-order valence-electron chi connectivity index (χ4n) is 5.30. The van der Waals surface area contributed by atoms with Gasteiger partial charge in [-0.1, -0.05) is 35.9 Å². The summed E-state index contributed by atoms with van der Waals surface area (Å²) in [6.07, 6.45) is -4.99. The molecular formula is C36H38ClN3O9. The molecule has 0 bridgehead atoms. The number of nitriles is 1. The van der Waals surface area contributed by atoms with Gasteiger partial charge in [0.2, 0.25) is 0 Å². The number of aliphatic hydroxyl groups excluding tert-OH is 5. The van der Waals surface area contributed by atoms with E-state index in [1.807, 2.05) is 49.4 Å². The van der Waals surface area contributed by atoms with Gasteiger partial charge in [-0.2, -0.15) is 5.26 Å². The molecule has 0 radical (unpaired) electrons. The Morgan fingerprint density at radius 1 is 0.898 bits per heavy atom. The van der Waals surface area contributed by atoms with Gasteiger partial charge in [-0.25, -0.2) is 4.98 Å². The van der Waals surface area contributed by atoms with Crippen molar-refractivity contribution in [3.8, 4) is 40.2 Å². The molecule has 0 saturated carbocycles. The third-order valence-corrected chi connectivity index (χ3v) is 8.42. The van der Waals surface area contributed by atoms with E-state index in [0.29, 0.717) is 46.6 Å². The number of aromatic nitrogens is 1. The highest BCUT2D eigenvalue weighted by molar-refractivity contribution is 6.32. The van der Waals surface area contributed by atoms with Crippen LogP contribution in [0.25, 0.3) is 11.1 Å². The summed E-state index contributed by atoms with van der Waals surface area (Å²) in [5.41, 5.74) is 5.54. The van der Waals surface area contributed by atoms with Crippen LogP contribution in [0.1, 0.15) is 27.9 Å². The molecule has 1 aliphatic rings. The first-order valence-electron chi connectivity index (χ1n) is 15.6. The number of nitrogens with zero attached hydrogens (tertiary/aromatic N) is 2. The van der Waals surface area contributed by atoms with E-state index < -0.39 is 31.0 Å². The molecule has 0 unspecified atom stereocenters. The molecule has 2 heterocycles. The Balaban J connectivity index is 1.33. The summed E-state index contributed by atoms with van der Waals surface area (Å²) < 4.78 is 23.8. The Kier molecular flexibility index (Phi) is 12.3. The maximum absolute atomic E-state index is 10.3. The Morgan fingerprint density at radius 3 is 2.43 bits per heavy atom. The van der Waals surface area contributed by atoms with Crippen LogP contribution >= 0.6 is 11.6 Å². The molecule has 0 saturated heterocycles. The third-order valence-electron chi connectivity index (χ3n) is 8.12. The van der Waals surface area contributed by atoms with Crippen LogP contribution < -0.4 is 24.3 Å². The van der Waals surface area contributed by atoms with Gasteiger partial charge in [0.25, 0.3) is 0 Å². The summed E-state index contributed by atoms with van der Waals surface area (Å²) in [6, 6.07) is 20.5. The zero-order valence-corrected chi connectivity index (χ0v) is 27.5. The van der Waals surface area contributed by atoms with E-state index in [1.54, 1.807) is 24.3 Å². The number of benzene rings is 3. The molecule has 49 heavy (non-hydrogen) atoms. The van der Waals surface area contributed by atoms with Gasteiger partial charge in [-0.15, -0.1) is 0 Å². The number of hydrogen-bond acceptors (Lipinski definition) is 12. The van der Waals surface area contributed by atoms with Crippen molar-refractivity contribution in [3.63, 3.8) is 0 Å². The molecule has 3 aromatic carbocycles. The predicted molar refractivity (Wildman–Crippen MR) is 179 cm³/mol. The number of aliphatic hydroxyl groups is 5. The van der Waals surface area contributed by atoms with Gasteiger partial charge >= 0.3 is 0 Å². The zero-order chi connectivity index (χ0) is 34.9. The van der Waals surface area contributed by atoms with Gasteiger partial charge in [-0.05, 0) is 65.1 Å². The Morgan fingerprint density at radius 2 is 1.65 bits per heavy atom. The van der Waals surface area contributed by atoms with E-state index in [0.717, 1.165) is 28.0 Å². The van der Waals surface area contributed by atoms with E-state index in [9.17, 15) is 25.7 Å². The van der Waals surface area contributed by atoms with Crippen molar-refractivity contribution in [3.05, 3.63) is 99.8 Å². The Bertz CT molecular complexity index is 1780. The van der Waals surface area contributed by atoms with Gasteiger partial charge in [0, 0.05) is 30.9 Å². The van der Waals surface area contributed by atoms with Crippen LogP contribution in [-0.4, -0.2) is 81.3 Å². The molecule has 13 heteroatoms. The highest BCUT2D eigenvalue weighted by Gasteiger charge is 2.29. The minimum atomic E-state index is -1.74. The van der Waals surface area contributed by atoms with Gasteiger partial charge in [0.1, 0.15) is 68.0 Å². The van der Waals surface area contributed by atoms with Crippen LogP contribution in [0.3, 0.4) is 0 Å². The molecule has 1 aliphatic heterocycles. The molecule has 5 rings (SSSR count). The SMILES string of the molecule is Cc1c(COc2cc(OCc3ccnc(C#N)c3)c(CNC[C@H](O)[C@@H](O)[C@H](O)[C@H](O)CO)cc2Cl)cccc1-c1ccc2c(c1)OCCO2. The van der Waals surface area contributed by atoms with Crippen LogP contribution in [0.2, 0.25) is 5.02 Å². The third kappa shape index (κ3) is 8.97. The maximum atomic E-state index is 10.3. The Hall–Kier alpha value is -4.45. The zero-order valence-electron chi connectivity index (χ0n) is 26.8. The second-order valence-corrected chi connectivity index (χ2v) is 11.9. The summed E-state index contributed by atoms with van der Waals surface area (Å²) in [4.78, 5) is 3.99. The molecule has 0 amide bonds.